The maximum Gasteiger partial charge on any atom is 0.147 e. The summed E-state index contributed by atoms with van der Waals surface area (Å²) in [6, 6.07) is 1.49. The fraction of sp³-hybridized carbons (Fsp3) is 0.385. The number of nitrogens with zero attached hydrogens (tertiary/aromatic N) is 3. The second-order valence-electron chi connectivity index (χ2n) is 4.30. The predicted molar refractivity (Wildman–Crippen MR) is 73.1 cm³/mol. The molecule has 0 amide bonds. The van der Waals surface area contributed by atoms with E-state index < -0.39 is 11.9 Å². The Balaban J connectivity index is 2.27. The zero-order valence-corrected chi connectivity index (χ0v) is 12.4. The van der Waals surface area contributed by atoms with Gasteiger partial charge in [-0.3, -0.25) is 9.67 Å². The molecule has 0 aromatic carbocycles. The summed E-state index contributed by atoms with van der Waals surface area (Å²) in [5.41, 5.74) is 2.03. The monoisotopic (exact) mass is 327 g/mol. The van der Waals surface area contributed by atoms with Crippen molar-refractivity contribution in [3.05, 3.63) is 45.7 Å². The van der Waals surface area contributed by atoms with Crippen LogP contribution in [0, 0.1) is 5.82 Å². The van der Waals surface area contributed by atoms with Crippen molar-refractivity contribution in [1.82, 2.24) is 14.8 Å². The minimum Gasteiger partial charge on any atom is -0.388 e. The van der Waals surface area contributed by atoms with Gasteiger partial charge in [-0.2, -0.15) is 5.10 Å². The molecule has 6 heteroatoms. The normalized spacial score (nSPS) is 12.7. The Bertz CT molecular complexity index is 585. The zero-order chi connectivity index (χ0) is 14.0. The molecule has 1 atom stereocenters. The molecule has 0 radical (unpaired) electrons. The Morgan fingerprint density at radius 3 is 2.84 bits per heavy atom. The topological polar surface area (TPSA) is 50.9 Å². The van der Waals surface area contributed by atoms with Crippen LogP contribution in [0.3, 0.4) is 0 Å². The second-order valence-corrected chi connectivity index (χ2v) is 5.09. The number of rotatable bonds is 4. The highest BCUT2D eigenvalue weighted by Gasteiger charge is 2.19. The van der Waals surface area contributed by atoms with E-state index in [1.165, 1.54) is 12.3 Å². The summed E-state index contributed by atoms with van der Waals surface area (Å²) in [6.07, 6.45) is 2.75. The third-order valence-corrected chi connectivity index (χ3v) is 3.97. The largest absolute Gasteiger partial charge is 0.388 e. The first kappa shape index (κ1) is 14.1. The van der Waals surface area contributed by atoms with E-state index in [0.29, 0.717) is 6.42 Å². The van der Waals surface area contributed by atoms with E-state index in [4.69, 9.17) is 0 Å². The Morgan fingerprint density at radius 1 is 1.53 bits per heavy atom. The first-order valence-corrected chi connectivity index (χ1v) is 6.81. The van der Waals surface area contributed by atoms with Gasteiger partial charge in [0, 0.05) is 25.2 Å². The Hall–Kier alpha value is -1.27. The predicted octanol–water partition coefficient (Wildman–Crippen LogP) is 2.56. The summed E-state index contributed by atoms with van der Waals surface area (Å²) in [5, 5.41) is 14.5. The molecule has 0 saturated carbocycles. The fourth-order valence-corrected chi connectivity index (χ4v) is 2.77. The summed E-state index contributed by atoms with van der Waals surface area (Å²) >= 11 is 3.48. The lowest BCUT2D eigenvalue weighted by Crippen LogP contribution is -2.08. The lowest BCUT2D eigenvalue weighted by atomic mass is 10.1. The van der Waals surface area contributed by atoms with E-state index in [1.807, 2.05) is 14.0 Å². The quantitative estimate of drug-likeness (QED) is 0.938. The Morgan fingerprint density at radius 2 is 2.26 bits per heavy atom. The summed E-state index contributed by atoms with van der Waals surface area (Å²) in [7, 11) is 1.81. The van der Waals surface area contributed by atoms with E-state index in [1.54, 1.807) is 4.68 Å². The SMILES string of the molecule is CCc1nn(C)c(CC(O)c2ccncc2F)c1Br. The highest BCUT2D eigenvalue weighted by Crippen LogP contribution is 2.27. The first-order chi connectivity index (χ1) is 9.04. The molecule has 0 saturated heterocycles. The molecule has 2 heterocycles. The Kier molecular flexibility index (Phi) is 4.31. The van der Waals surface area contributed by atoms with Crippen LogP contribution in [0.2, 0.25) is 0 Å². The lowest BCUT2D eigenvalue weighted by molar-refractivity contribution is 0.170. The van der Waals surface area contributed by atoms with Crippen LogP contribution < -0.4 is 0 Å². The van der Waals surface area contributed by atoms with Crippen molar-refractivity contribution in [3.63, 3.8) is 0 Å². The fourth-order valence-electron chi connectivity index (χ4n) is 1.99. The van der Waals surface area contributed by atoms with Crippen LogP contribution in [0.4, 0.5) is 4.39 Å². The number of aliphatic hydroxyl groups excluding tert-OH is 1. The zero-order valence-electron chi connectivity index (χ0n) is 10.8. The Labute approximate surface area is 119 Å². The smallest absolute Gasteiger partial charge is 0.147 e. The lowest BCUT2D eigenvalue weighted by Gasteiger charge is -2.12. The molecule has 0 aliphatic heterocycles. The summed E-state index contributed by atoms with van der Waals surface area (Å²) < 4.78 is 16.2. The van der Waals surface area contributed by atoms with Gasteiger partial charge in [0.25, 0.3) is 0 Å². The van der Waals surface area contributed by atoms with Crippen LogP contribution in [0.1, 0.15) is 30.0 Å². The van der Waals surface area contributed by atoms with Gasteiger partial charge in [0.15, 0.2) is 0 Å². The molecule has 0 spiro atoms. The van der Waals surface area contributed by atoms with Crippen LogP contribution in [0.15, 0.2) is 22.9 Å². The highest BCUT2D eigenvalue weighted by molar-refractivity contribution is 9.10. The molecular weight excluding hydrogens is 313 g/mol. The van der Waals surface area contributed by atoms with Crippen molar-refractivity contribution in [3.8, 4) is 0 Å². The van der Waals surface area contributed by atoms with Gasteiger partial charge >= 0.3 is 0 Å². The van der Waals surface area contributed by atoms with Gasteiger partial charge in [-0.1, -0.05) is 6.92 Å². The third kappa shape index (κ3) is 2.84. The van der Waals surface area contributed by atoms with Gasteiger partial charge in [0.1, 0.15) is 5.82 Å². The number of halogens is 2. The molecule has 0 aliphatic rings. The standard InChI is InChI=1S/C13H15BrFN3O/c1-3-10-13(14)11(18(2)17-10)6-12(19)8-4-5-16-7-9(8)15/h4-5,7,12,19H,3,6H2,1-2H3. The van der Waals surface area contributed by atoms with Crippen LogP contribution in [-0.2, 0) is 19.9 Å². The maximum absolute atomic E-state index is 13.6. The summed E-state index contributed by atoms with van der Waals surface area (Å²) in [4.78, 5) is 3.67. The molecule has 2 aromatic heterocycles. The molecular formula is C13H15BrFN3O. The van der Waals surface area contributed by atoms with E-state index >= 15 is 0 Å². The van der Waals surface area contributed by atoms with Gasteiger partial charge in [-0.25, -0.2) is 4.39 Å². The molecule has 4 nitrogen and oxygen atoms in total. The van der Waals surface area contributed by atoms with Crippen molar-refractivity contribution in [2.45, 2.75) is 25.9 Å². The minimum atomic E-state index is -0.917. The summed E-state index contributed by atoms with van der Waals surface area (Å²) in [6.45, 7) is 2.01. The molecule has 0 fully saturated rings. The average Bonchev–Trinajstić information content (AvgIpc) is 2.66. The molecule has 2 rings (SSSR count). The number of aliphatic hydroxyl groups is 1. The van der Waals surface area contributed by atoms with Crippen molar-refractivity contribution in [1.29, 1.82) is 0 Å². The molecule has 19 heavy (non-hydrogen) atoms. The van der Waals surface area contributed by atoms with Gasteiger partial charge in [-0.05, 0) is 28.4 Å². The van der Waals surface area contributed by atoms with E-state index in [9.17, 15) is 9.50 Å². The molecule has 1 N–H and O–H groups in total. The number of hydrogen-bond donors (Lipinski definition) is 1. The molecule has 1 unspecified atom stereocenters. The maximum atomic E-state index is 13.6. The van der Waals surface area contributed by atoms with Crippen LogP contribution in [0.25, 0.3) is 0 Å². The van der Waals surface area contributed by atoms with Crippen LogP contribution >= 0.6 is 15.9 Å². The second kappa shape index (κ2) is 5.79. The highest BCUT2D eigenvalue weighted by atomic mass is 79.9. The number of aryl methyl sites for hydroxylation is 2. The first-order valence-electron chi connectivity index (χ1n) is 6.02. The molecule has 0 aliphatic carbocycles. The number of hydrogen-bond acceptors (Lipinski definition) is 3. The number of aromatic nitrogens is 3. The van der Waals surface area contributed by atoms with Crippen molar-refractivity contribution < 1.29 is 9.50 Å². The molecule has 0 bridgehead atoms. The van der Waals surface area contributed by atoms with Crippen LogP contribution in [0.5, 0.6) is 0 Å². The van der Waals surface area contributed by atoms with Crippen LogP contribution in [-0.4, -0.2) is 19.9 Å². The van der Waals surface area contributed by atoms with Gasteiger partial charge in [0.2, 0.25) is 0 Å². The average molecular weight is 328 g/mol. The van der Waals surface area contributed by atoms with Gasteiger partial charge < -0.3 is 5.11 Å². The minimum absolute atomic E-state index is 0.251. The van der Waals surface area contributed by atoms with Gasteiger partial charge in [-0.15, -0.1) is 0 Å². The van der Waals surface area contributed by atoms with E-state index in [-0.39, 0.29) is 5.56 Å². The molecule has 2 aromatic rings. The van der Waals surface area contributed by atoms with Crippen molar-refractivity contribution in [2.75, 3.05) is 0 Å². The third-order valence-electron chi connectivity index (χ3n) is 3.05. The van der Waals surface area contributed by atoms with E-state index in [2.05, 4.69) is 26.0 Å². The summed E-state index contributed by atoms with van der Waals surface area (Å²) in [5.74, 6) is -0.496. The van der Waals surface area contributed by atoms with Crippen molar-refractivity contribution in [2.24, 2.45) is 7.05 Å². The van der Waals surface area contributed by atoms with Gasteiger partial charge in [0.05, 0.1) is 28.2 Å². The number of pyridine rings is 1. The van der Waals surface area contributed by atoms with Crippen molar-refractivity contribution >= 4 is 15.9 Å². The van der Waals surface area contributed by atoms with E-state index in [0.717, 1.165) is 28.5 Å². The molecule has 102 valence electrons.